The van der Waals surface area contributed by atoms with E-state index in [0.29, 0.717) is 0 Å². The summed E-state index contributed by atoms with van der Waals surface area (Å²) in [5.74, 6) is -3.43. The Balaban J connectivity index is 3.75. The van der Waals surface area contributed by atoms with E-state index in [1.807, 2.05) is 0 Å². The Labute approximate surface area is 60.4 Å². The van der Waals surface area contributed by atoms with E-state index < -0.39 is 37.9 Å². The molecule has 1 fully saturated rings. The first-order valence-electron chi connectivity index (χ1n) is 7.29. The highest BCUT2D eigenvalue weighted by Crippen LogP contribution is 2.22. The van der Waals surface area contributed by atoms with E-state index in [1.165, 1.54) is 0 Å². The highest BCUT2D eigenvalue weighted by Gasteiger charge is 2.11. The lowest BCUT2D eigenvalue weighted by atomic mass is 10.1. The van der Waals surface area contributed by atoms with Gasteiger partial charge in [-0.2, -0.15) is 0 Å². The molecule has 0 saturated heterocycles. The molecule has 1 aliphatic carbocycles. The molecule has 0 bridgehead atoms. The summed E-state index contributed by atoms with van der Waals surface area (Å²) >= 11 is 0. The maximum Gasteiger partial charge on any atom is 0.0428 e. The molecule has 7 heavy (non-hydrogen) atoms. The molecule has 0 aliphatic heterocycles. The van der Waals surface area contributed by atoms with E-state index in [4.69, 9.17) is 20.8 Å². The molecule has 0 aromatic rings. The van der Waals surface area contributed by atoms with Gasteiger partial charge in [-0.05, 0) is 25.1 Å². The summed E-state index contributed by atoms with van der Waals surface area (Å²) in [6.07, 6.45) is -13.7. The minimum absolute atomic E-state index is 3.27. The Kier molecular flexibility index (Phi) is 0.253. The third-order valence-electron chi connectivity index (χ3n) is 0.582. The van der Waals surface area contributed by atoms with E-state index in [9.17, 15) is 0 Å². The molecule has 1 nitrogen and oxygen atoms in total. The van der Waals surface area contributed by atoms with Gasteiger partial charge in [-0.3, -0.25) is 0 Å². The molecule has 1 heteroatoms. The Hall–Kier alpha value is -0.0400. The van der Waals surface area contributed by atoms with E-state index in [1.54, 1.807) is 0 Å². The predicted molar refractivity (Wildman–Crippen MR) is 31.0 cm³/mol. The van der Waals surface area contributed by atoms with Crippen molar-refractivity contribution >= 4 is 0 Å². The molecule has 1 saturated carbocycles. The lowest BCUT2D eigenvalue weighted by Crippen LogP contribution is -2.09. The fourth-order valence-electron chi connectivity index (χ4n) is 0.291. The SMILES string of the molecule is [2H]C([2H])(N)C1([2H])C([2H])([2H])C([2H])([2H])C([2H])([2H])C1([2H])[2H]. The first kappa shape index (κ1) is 0.766. The summed E-state index contributed by atoms with van der Waals surface area (Å²) in [5.41, 5.74) is 5.00. The molecule has 0 unspecified atom stereocenters. The molecule has 42 valence electrons. The monoisotopic (exact) mass is 110 g/mol. The summed E-state index contributed by atoms with van der Waals surface area (Å²) in [6, 6.07) is 0. The van der Waals surface area contributed by atoms with Crippen molar-refractivity contribution in [2.24, 2.45) is 11.6 Å². The van der Waals surface area contributed by atoms with Crippen LogP contribution in [0.1, 0.15) is 40.6 Å². The van der Waals surface area contributed by atoms with Gasteiger partial charge >= 0.3 is 0 Å². The third kappa shape index (κ3) is 1.16. The van der Waals surface area contributed by atoms with Crippen molar-refractivity contribution in [1.29, 1.82) is 0 Å². The fourth-order valence-corrected chi connectivity index (χ4v) is 0.291. The van der Waals surface area contributed by atoms with Gasteiger partial charge in [0.15, 0.2) is 0 Å². The smallest absolute Gasteiger partial charge is 0.0428 e. The largest absolute Gasteiger partial charge is 0.330 e. The minimum atomic E-state index is -3.45. The maximum absolute atomic E-state index is 7.72. The minimum Gasteiger partial charge on any atom is -0.330 e. The maximum atomic E-state index is 7.72. The van der Waals surface area contributed by atoms with Gasteiger partial charge < -0.3 is 5.73 Å². The van der Waals surface area contributed by atoms with Crippen molar-refractivity contribution in [3.63, 3.8) is 0 Å². The zero-order valence-electron chi connectivity index (χ0n) is 14.6. The van der Waals surface area contributed by atoms with Crippen molar-refractivity contribution in [2.75, 3.05) is 6.50 Å². The first-order chi connectivity index (χ1) is 7.50. The van der Waals surface area contributed by atoms with Crippen molar-refractivity contribution in [3.8, 4) is 0 Å². The van der Waals surface area contributed by atoms with E-state index in [-0.39, 0.29) is 0 Å². The average molecular weight is 110 g/mol. The van der Waals surface area contributed by atoms with Crippen LogP contribution in [-0.4, -0.2) is 6.50 Å². The van der Waals surface area contributed by atoms with Gasteiger partial charge in [0.1, 0.15) is 0 Å². The van der Waals surface area contributed by atoms with Gasteiger partial charge in [-0.25, -0.2) is 0 Å². The Bertz CT molecular complexity index is 340. The first-order valence-corrected chi connectivity index (χ1v) is 1.79. The summed E-state index contributed by atoms with van der Waals surface area (Å²) in [6.45, 7) is -3.27. The molecule has 1 rings (SSSR count). The molecule has 1 aliphatic rings. The number of rotatable bonds is 1. The number of hydrogen-bond donors (Lipinski definition) is 1. The van der Waals surface area contributed by atoms with Crippen LogP contribution in [0.4, 0.5) is 0 Å². The highest BCUT2D eigenvalue weighted by molar-refractivity contribution is 4.66. The summed E-state index contributed by atoms with van der Waals surface area (Å²) in [7, 11) is 0. The summed E-state index contributed by atoms with van der Waals surface area (Å²) in [5, 5.41) is 0. The van der Waals surface area contributed by atoms with Gasteiger partial charge in [0, 0.05) is 15.1 Å². The standard InChI is InChI=1S/C6H13N/c7-5-6-3-1-2-4-6/h6H,1-5,7H2/i1D2,2D2,3D2,4D2,5D2,6D. The predicted octanol–water partition coefficient (Wildman–Crippen LogP) is 1.14. The van der Waals surface area contributed by atoms with E-state index in [0.717, 1.165) is 0 Å². The Morgan fingerprint density at radius 2 is 2.43 bits per heavy atom. The molecule has 0 radical (unpaired) electrons. The van der Waals surface area contributed by atoms with Crippen LogP contribution in [0.2, 0.25) is 0 Å². The summed E-state index contributed by atoms with van der Waals surface area (Å²) < 4.78 is 81.9. The molecule has 0 aromatic heterocycles. The summed E-state index contributed by atoms with van der Waals surface area (Å²) in [4.78, 5) is 0. The molecule has 0 amide bonds. The van der Waals surface area contributed by atoms with Gasteiger partial charge in [-0.15, -0.1) is 0 Å². The lowest BCUT2D eigenvalue weighted by Gasteiger charge is -1.99. The zero-order valence-corrected chi connectivity index (χ0v) is 3.58. The van der Waals surface area contributed by atoms with Crippen molar-refractivity contribution in [1.82, 2.24) is 0 Å². The molecule has 0 atom stereocenters. The third-order valence-corrected chi connectivity index (χ3v) is 0.582. The number of hydrogen-bond acceptors (Lipinski definition) is 1. The normalized spacial score (nSPS) is 82.1. The quantitative estimate of drug-likeness (QED) is 0.538. The number of nitrogens with two attached hydrogens (primary N) is 1. The van der Waals surface area contributed by atoms with Crippen molar-refractivity contribution in [2.45, 2.75) is 25.5 Å². The van der Waals surface area contributed by atoms with Crippen LogP contribution in [0, 0.1) is 5.89 Å². The topological polar surface area (TPSA) is 26.0 Å². The van der Waals surface area contributed by atoms with Crippen LogP contribution in [0.25, 0.3) is 0 Å². The average Bonchev–Trinajstić information content (AvgIpc) is 2.16. The van der Waals surface area contributed by atoms with Crippen molar-refractivity contribution < 1.29 is 15.1 Å². The van der Waals surface area contributed by atoms with Gasteiger partial charge in [0.2, 0.25) is 0 Å². The Morgan fingerprint density at radius 1 is 1.86 bits per heavy atom. The molecule has 0 aromatic carbocycles. The lowest BCUT2D eigenvalue weighted by molar-refractivity contribution is 0.562. The zero-order chi connectivity index (χ0) is 15.0. The van der Waals surface area contributed by atoms with Crippen LogP contribution in [0.5, 0.6) is 0 Å². The Morgan fingerprint density at radius 3 is 2.71 bits per heavy atom. The van der Waals surface area contributed by atoms with E-state index >= 15 is 0 Å². The second-order valence-electron chi connectivity index (χ2n) is 1.02. The van der Waals surface area contributed by atoms with Gasteiger partial charge in [0.05, 0.1) is 0 Å². The molecule has 0 spiro atoms. The van der Waals surface area contributed by atoms with Crippen LogP contribution < -0.4 is 5.73 Å². The molecular formula is C6H13N. The second kappa shape index (κ2) is 2.31. The van der Waals surface area contributed by atoms with Gasteiger partial charge in [-0.1, -0.05) is 12.7 Å². The van der Waals surface area contributed by atoms with Crippen LogP contribution in [0.15, 0.2) is 0 Å². The van der Waals surface area contributed by atoms with Crippen LogP contribution in [-0.2, 0) is 0 Å². The van der Waals surface area contributed by atoms with Gasteiger partial charge in [0.25, 0.3) is 0 Å². The molecule has 0 heterocycles. The second-order valence-corrected chi connectivity index (χ2v) is 1.02. The van der Waals surface area contributed by atoms with Crippen LogP contribution in [0.3, 0.4) is 0 Å². The van der Waals surface area contributed by atoms with Crippen molar-refractivity contribution in [3.05, 3.63) is 0 Å². The highest BCUT2D eigenvalue weighted by atomic mass is 14.5. The fraction of sp³-hybridized carbons (Fsp3) is 1.00. The molecular weight excluding hydrogens is 86.1 g/mol. The van der Waals surface area contributed by atoms with Crippen LogP contribution >= 0.6 is 0 Å². The molecule has 2 N–H and O–H groups in total. The van der Waals surface area contributed by atoms with E-state index in [2.05, 4.69) is 0 Å².